The molecular formula is C22H34N4O2S. The minimum atomic E-state index is -0.725. The largest absolute Gasteiger partial charge is 0.444 e. The fourth-order valence-corrected chi connectivity index (χ4v) is 4.53. The highest BCUT2D eigenvalue weighted by molar-refractivity contribution is 7.13. The third kappa shape index (κ3) is 6.57. The minimum Gasteiger partial charge on any atom is -0.444 e. The van der Waals surface area contributed by atoms with Crippen LogP contribution in [-0.2, 0) is 4.74 Å². The summed E-state index contributed by atoms with van der Waals surface area (Å²) in [6.45, 7) is 11.2. The van der Waals surface area contributed by atoms with Gasteiger partial charge in [0.05, 0.1) is 4.70 Å². The minimum absolute atomic E-state index is 0.453. The molecule has 0 radical (unpaired) electrons. The van der Waals surface area contributed by atoms with E-state index in [4.69, 9.17) is 5.73 Å². The number of nitrogens with zero attached hydrogens (tertiary/aromatic N) is 3. The van der Waals surface area contributed by atoms with Crippen LogP contribution in [0.1, 0.15) is 46.5 Å². The van der Waals surface area contributed by atoms with Crippen LogP contribution in [-0.4, -0.2) is 53.7 Å². The van der Waals surface area contributed by atoms with Gasteiger partial charge in [-0.1, -0.05) is 31.4 Å². The van der Waals surface area contributed by atoms with Crippen molar-refractivity contribution in [1.82, 2.24) is 9.27 Å². The molecule has 2 fully saturated rings. The highest BCUT2D eigenvalue weighted by Gasteiger charge is 2.23. The summed E-state index contributed by atoms with van der Waals surface area (Å²) >= 11 is 1.63. The quantitative estimate of drug-likeness (QED) is 0.792. The fraction of sp³-hybridized carbons (Fsp3) is 0.636. The smallest absolute Gasteiger partial charge is 0.405 e. The number of carbonyl (C=O) groups excluding carboxylic acids is 1. The van der Waals surface area contributed by atoms with Gasteiger partial charge in [0.2, 0.25) is 0 Å². The predicted octanol–water partition coefficient (Wildman–Crippen LogP) is 4.49. The van der Waals surface area contributed by atoms with Crippen LogP contribution in [0.25, 0.3) is 10.1 Å². The molecule has 0 unspecified atom stereocenters. The van der Waals surface area contributed by atoms with Crippen LogP contribution in [0.5, 0.6) is 0 Å². The lowest BCUT2D eigenvalue weighted by atomic mass is 9.83. The van der Waals surface area contributed by atoms with Crippen molar-refractivity contribution in [3.05, 3.63) is 24.3 Å². The Morgan fingerprint density at radius 3 is 2.45 bits per heavy atom. The summed E-state index contributed by atoms with van der Waals surface area (Å²) in [5.74, 6) is 2.24. The maximum Gasteiger partial charge on any atom is 0.405 e. The summed E-state index contributed by atoms with van der Waals surface area (Å²) in [7, 11) is 0. The van der Waals surface area contributed by atoms with E-state index in [9.17, 15) is 4.79 Å². The molecule has 1 aliphatic carbocycles. The van der Waals surface area contributed by atoms with Gasteiger partial charge in [0, 0.05) is 31.6 Å². The molecule has 0 atom stereocenters. The van der Waals surface area contributed by atoms with E-state index in [1.165, 1.54) is 61.2 Å². The zero-order valence-electron chi connectivity index (χ0n) is 17.9. The zero-order valence-corrected chi connectivity index (χ0v) is 18.7. The molecule has 1 aliphatic heterocycles. The fourth-order valence-electron chi connectivity index (χ4n) is 3.73. The summed E-state index contributed by atoms with van der Waals surface area (Å²) in [6.07, 6.45) is 5.11. The number of rotatable bonds is 4. The second kappa shape index (κ2) is 9.76. The van der Waals surface area contributed by atoms with Gasteiger partial charge >= 0.3 is 6.09 Å². The topological polar surface area (TPSA) is 71.7 Å². The average molecular weight is 419 g/mol. The molecule has 1 amide bonds. The summed E-state index contributed by atoms with van der Waals surface area (Å²) in [5, 5.41) is 1.32. The Labute approximate surface area is 178 Å². The standard InChI is InChI=1S/C17H23N3S.C5H11NO2/c1-2-7-16-15(6-1)17(18-21-16)20-12-10-19(11-13-20)9-8-14-4-3-5-14;1-5(2,3)8-4(6)7/h1-2,6-7,14H,3-5,8-13H2;1-3H3,(H2,6,7). The maximum absolute atomic E-state index is 10.0. The van der Waals surface area contributed by atoms with Crippen molar-refractivity contribution in [2.45, 2.75) is 52.1 Å². The SMILES string of the molecule is CC(C)(C)OC(N)=O.c1ccc2c(N3CCN(CCC4CCC4)CC3)nsc2c1. The molecule has 2 N–H and O–H groups in total. The normalized spacial score (nSPS) is 18.1. The van der Waals surface area contributed by atoms with Gasteiger partial charge in [-0.3, -0.25) is 4.90 Å². The van der Waals surface area contributed by atoms with Gasteiger partial charge in [-0.15, -0.1) is 0 Å². The van der Waals surface area contributed by atoms with Crippen molar-refractivity contribution in [2.24, 2.45) is 11.7 Å². The number of nitrogens with two attached hydrogens (primary N) is 1. The number of anilines is 1. The number of aromatic nitrogens is 1. The third-order valence-corrected chi connectivity index (χ3v) is 6.33. The van der Waals surface area contributed by atoms with E-state index in [1.807, 2.05) is 0 Å². The van der Waals surface area contributed by atoms with Crippen molar-refractivity contribution in [3.8, 4) is 0 Å². The molecule has 1 saturated heterocycles. The Morgan fingerprint density at radius 2 is 1.90 bits per heavy atom. The highest BCUT2D eigenvalue weighted by Crippen LogP contribution is 2.31. The predicted molar refractivity (Wildman–Crippen MR) is 121 cm³/mol. The van der Waals surface area contributed by atoms with Crippen molar-refractivity contribution >= 4 is 33.5 Å². The van der Waals surface area contributed by atoms with E-state index < -0.39 is 11.7 Å². The number of benzene rings is 1. The molecule has 2 aromatic rings. The molecule has 6 nitrogen and oxygen atoms in total. The van der Waals surface area contributed by atoms with Crippen molar-refractivity contribution in [1.29, 1.82) is 0 Å². The van der Waals surface area contributed by atoms with Gasteiger partial charge < -0.3 is 15.4 Å². The van der Waals surface area contributed by atoms with Crippen LogP contribution in [0, 0.1) is 5.92 Å². The molecular weight excluding hydrogens is 384 g/mol. The lowest BCUT2D eigenvalue weighted by molar-refractivity contribution is 0.0600. The van der Waals surface area contributed by atoms with Gasteiger partial charge in [-0.25, -0.2) is 4.79 Å². The Balaban J connectivity index is 0.000000258. The second-order valence-electron chi connectivity index (χ2n) is 8.95. The van der Waals surface area contributed by atoms with E-state index in [2.05, 4.69) is 43.2 Å². The molecule has 2 aliphatic rings. The highest BCUT2D eigenvalue weighted by atomic mass is 32.1. The summed E-state index contributed by atoms with van der Waals surface area (Å²) < 4.78 is 10.6. The van der Waals surface area contributed by atoms with Crippen LogP contribution in [0.3, 0.4) is 0 Å². The average Bonchev–Trinajstić information content (AvgIpc) is 3.03. The van der Waals surface area contributed by atoms with E-state index in [0.717, 1.165) is 19.0 Å². The molecule has 1 aromatic heterocycles. The number of carbonyl (C=O) groups is 1. The second-order valence-corrected chi connectivity index (χ2v) is 9.76. The van der Waals surface area contributed by atoms with Crippen LogP contribution < -0.4 is 10.6 Å². The zero-order chi connectivity index (χ0) is 20.9. The Kier molecular flexibility index (Phi) is 7.35. The van der Waals surface area contributed by atoms with Gasteiger partial charge in [-0.2, -0.15) is 4.37 Å². The molecule has 4 rings (SSSR count). The van der Waals surface area contributed by atoms with Crippen molar-refractivity contribution in [3.63, 3.8) is 0 Å². The molecule has 1 saturated carbocycles. The van der Waals surface area contributed by atoms with Gasteiger partial charge in [-0.05, 0) is 63.3 Å². The van der Waals surface area contributed by atoms with Gasteiger partial charge in [0.15, 0.2) is 0 Å². The number of ether oxygens (including phenoxy) is 1. The van der Waals surface area contributed by atoms with Crippen LogP contribution in [0.4, 0.5) is 10.6 Å². The van der Waals surface area contributed by atoms with E-state index in [0.29, 0.717) is 0 Å². The number of piperazine rings is 1. The van der Waals surface area contributed by atoms with Crippen molar-refractivity contribution in [2.75, 3.05) is 37.6 Å². The summed E-state index contributed by atoms with van der Waals surface area (Å²) in [4.78, 5) is 15.1. The molecule has 1 aromatic carbocycles. The van der Waals surface area contributed by atoms with Crippen LogP contribution >= 0.6 is 11.5 Å². The first-order chi connectivity index (χ1) is 13.8. The number of primary amides is 1. The van der Waals surface area contributed by atoms with Crippen molar-refractivity contribution < 1.29 is 9.53 Å². The lowest BCUT2D eigenvalue weighted by Crippen LogP contribution is -2.47. The molecule has 0 spiro atoms. The molecule has 160 valence electrons. The maximum atomic E-state index is 10.0. The van der Waals surface area contributed by atoms with Gasteiger partial charge in [0.25, 0.3) is 0 Å². The van der Waals surface area contributed by atoms with Gasteiger partial charge in [0.1, 0.15) is 11.4 Å². The molecule has 2 heterocycles. The summed E-state index contributed by atoms with van der Waals surface area (Å²) in [6, 6.07) is 8.60. The monoisotopic (exact) mass is 418 g/mol. The number of hydrogen-bond donors (Lipinski definition) is 1. The summed E-state index contributed by atoms with van der Waals surface area (Å²) in [5.41, 5.74) is 4.26. The lowest BCUT2D eigenvalue weighted by Gasteiger charge is -2.36. The molecule has 7 heteroatoms. The van der Waals surface area contributed by atoms with E-state index in [-0.39, 0.29) is 0 Å². The Hall–Kier alpha value is -1.86. The molecule has 0 bridgehead atoms. The van der Waals surface area contributed by atoms with E-state index in [1.54, 1.807) is 32.3 Å². The first-order valence-corrected chi connectivity index (χ1v) is 11.4. The van der Waals surface area contributed by atoms with Crippen LogP contribution in [0.2, 0.25) is 0 Å². The van der Waals surface area contributed by atoms with Crippen LogP contribution in [0.15, 0.2) is 24.3 Å². The molecule has 29 heavy (non-hydrogen) atoms. The number of hydrogen-bond acceptors (Lipinski definition) is 6. The number of fused-ring (bicyclic) bond motifs is 1. The van der Waals surface area contributed by atoms with E-state index >= 15 is 0 Å². The number of amides is 1. The Bertz CT molecular complexity index is 789. The first-order valence-electron chi connectivity index (χ1n) is 10.6. The Morgan fingerprint density at radius 1 is 1.21 bits per heavy atom. The third-order valence-electron chi connectivity index (χ3n) is 5.52. The first kappa shape index (κ1) is 21.8.